The van der Waals surface area contributed by atoms with Crippen molar-refractivity contribution in [2.24, 2.45) is 5.41 Å². The maximum Gasteiger partial charge on any atom is 0.242 e. The topological polar surface area (TPSA) is 46.2 Å². The van der Waals surface area contributed by atoms with Gasteiger partial charge in [-0.05, 0) is 23.6 Å². The molecule has 102 valence electrons. The highest BCUT2D eigenvalue weighted by atomic mass is 35.5. The molecule has 1 N–H and O–H groups in total. The van der Waals surface area contributed by atoms with E-state index >= 15 is 0 Å². The van der Waals surface area contributed by atoms with E-state index in [1.807, 2.05) is 13.8 Å². The number of alkyl halides is 1. The van der Waals surface area contributed by atoms with Gasteiger partial charge >= 0.3 is 0 Å². The SMILES string of the molecule is CC(C)(CCl)CNS(=O)(=O)c1cc(F)ccc1Cl. The fourth-order valence-electron chi connectivity index (χ4n) is 1.10. The zero-order chi connectivity index (χ0) is 14.0. The van der Waals surface area contributed by atoms with Crippen LogP contribution < -0.4 is 4.72 Å². The summed E-state index contributed by atoms with van der Waals surface area (Å²) in [5, 5.41) is -0.0208. The Bertz CT molecular complexity index is 532. The van der Waals surface area contributed by atoms with Crippen molar-refractivity contribution in [1.82, 2.24) is 4.72 Å². The van der Waals surface area contributed by atoms with Gasteiger partial charge in [-0.25, -0.2) is 17.5 Å². The van der Waals surface area contributed by atoms with Crippen LogP contribution in [0.5, 0.6) is 0 Å². The highest BCUT2D eigenvalue weighted by Crippen LogP contribution is 2.23. The third-order valence-corrected chi connectivity index (χ3v) is 4.89. The third kappa shape index (κ3) is 4.09. The largest absolute Gasteiger partial charge is 0.242 e. The summed E-state index contributed by atoms with van der Waals surface area (Å²) < 4.78 is 39.3. The first-order valence-corrected chi connectivity index (χ1v) is 7.58. The van der Waals surface area contributed by atoms with Crippen molar-refractivity contribution in [3.63, 3.8) is 0 Å². The van der Waals surface area contributed by atoms with E-state index < -0.39 is 21.3 Å². The number of nitrogens with one attached hydrogen (secondary N) is 1. The molecule has 0 aliphatic rings. The lowest BCUT2D eigenvalue weighted by Crippen LogP contribution is -2.35. The van der Waals surface area contributed by atoms with Crippen LogP contribution in [0.4, 0.5) is 4.39 Å². The molecule has 18 heavy (non-hydrogen) atoms. The Morgan fingerprint density at radius 2 is 2.00 bits per heavy atom. The van der Waals surface area contributed by atoms with Crippen LogP contribution in [0.3, 0.4) is 0 Å². The zero-order valence-electron chi connectivity index (χ0n) is 10.0. The fourth-order valence-corrected chi connectivity index (χ4v) is 2.94. The molecule has 0 radical (unpaired) electrons. The van der Waals surface area contributed by atoms with E-state index in [-0.39, 0.29) is 16.5 Å². The van der Waals surface area contributed by atoms with Gasteiger partial charge in [-0.15, -0.1) is 11.6 Å². The van der Waals surface area contributed by atoms with E-state index in [4.69, 9.17) is 23.2 Å². The van der Waals surface area contributed by atoms with Gasteiger partial charge < -0.3 is 0 Å². The number of benzene rings is 1. The predicted molar refractivity (Wildman–Crippen MR) is 71.1 cm³/mol. The van der Waals surface area contributed by atoms with E-state index in [1.54, 1.807) is 0 Å². The highest BCUT2D eigenvalue weighted by Gasteiger charge is 2.23. The highest BCUT2D eigenvalue weighted by molar-refractivity contribution is 7.89. The quantitative estimate of drug-likeness (QED) is 0.849. The van der Waals surface area contributed by atoms with Crippen LogP contribution in [-0.4, -0.2) is 20.8 Å². The van der Waals surface area contributed by atoms with Gasteiger partial charge in [0.15, 0.2) is 0 Å². The minimum absolute atomic E-state index is 0.0208. The van der Waals surface area contributed by atoms with Crippen molar-refractivity contribution < 1.29 is 12.8 Å². The summed E-state index contributed by atoms with van der Waals surface area (Å²) in [7, 11) is -3.84. The molecule has 0 fully saturated rings. The molecule has 0 aliphatic carbocycles. The molecule has 0 bridgehead atoms. The Kier molecular flexibility index (Phi) is 5.00. The molecule has 1 aromatic carbocycles. The van der Waals surface area contributed by atoms with Gasteiger partial charge in [-0.1, -0.05) is 25.4 Å². The van der Waals surface area contributed by atoms with Crippen LogP contribution in [0.15, 0.2) is 23.1 Å². The Labute approximate surface area is 116 Å². The molecule has 7 heteroatoms. The third-order valence-electron chi connectivity index (χ3n) is 2.29. The Morgan fingerprint density at radius 3 is 2.56 bits per heavy atom. The summed E-state index contributed by atoms with van der Waals surface area (Å²) >= 11 is 11.5. The van der Waals surface area contributed by atoms with Crippen LogP contribution in [0, 0.1) is 11.2 Å². The van der Waals surface area contributed by atoms with Gasteiger partial charge in [0.05, 0.1) is 5.02 Å². The summed E-state index contributed by atoms with van der Waals surface area (Å²) in [5.41, 5.74) is -0.394. The monoisotopic (exact) mass is 313 g/mol. The summed E-state index contributed by atoms with van der Waals surface area (Å²) in [4.78, 5) is -0.269. The minimum Gasteiger partial charge on any atom is -0.211 e. The van der Waals surface area contributed by atoms with Crippen molar-refractivity contribution in [1.29, 1.82) is 0 Å². The smallest absolute Gasteiger partial charge is 0.211 e. The second kappa shape index (κ2) is 5.74. The molecule has 0 heterocycles. The van der Waals surface area contributed by atoms with Crippen molar-refractivity contribution in [2.75, 3.05) is 12.4 Å². The minimum atomic E-state index is -3.84. The first-order chi connectivity index (χ1) is 8.18. The Balaban J connectivity index is 2.97. The molecule has 0 atom stereocenters. The fraction of sp³-hybridized carbons (Fsp3) is 0.455. The number of sulfonamides is 1. The molecular formula is C11H14Cl2FNO2S. The molecule has 0 unspecified atom stereocenters. The van der Waals surface area contributed by atoms with E-state index in [0.29, 0.717) is 5.88 Å². The van der Waals surface area contributed by atoms with Crippen LogP contribution in [-0.2, 0) is 10.0 Å². The van der Waals surface area contributed by atoms with Gasteiger partial charge in [-0.2, -0.15) is 0 Å². The molecule has 1 aromatic rings. The normalized spacial score (nSPS) is 12.7. The van der Waals surface area contributed by atoms with E-state index in [2.05, 4.69) is 4.72 Å². The van der Waals surface area contributed by atoms with Crippen molar-refractivity contribution >= 4 is 33.2 Å². The Hall–Kier alpha value is -0.360. The lowest BCUT2D eigenvalue weighted by atomic mass is 9.97. The lowest BCUT2D eigenvalue weighted by molar-refractivity contribution is 0.414. The van der Waals surface area contributed by atoms with Gasteiger partial charge in [0.2, 0.25) is 10.0 Å². The molecule has 0 aliphatic heterocycles. The zero-order valence-corrected chi connectivity index (χ0v) is 12.3. The van der Waals surface area contributed by atoms with Crippen LogP contribution in [0.25, 0.3) is 0 Å². The predicted octanol–water partition coefficient (Wildman–Crippen LogP) is 3.02. The standard InChI is InChI=1S/C11H14Cl2FNO2S/c1-11(2,6-12)7-15-18(16,17)10-5-8(14)3-4-9(10)13/h3-5,15H,6-7H2,1-2H3. The van der Waals surface area contributed by atoms with Gasteiger partial charge in [0.25, 0.3) is 0 Å². The lowest BCUT2D eigenvalue weighted by Gasteiger charge is -2.21. The maximum atomic E-state index is 13.0. The molecule has 0 amide bonds. The molecule has 1 rings (SSSR count). The molecule has 0 saturated heterocycles. The van der Waals surface area contributed by atoms with E-state index in [0.717, 1.165) is 12.1 Å². The van der Waals surface area contributed by atoms with Crippen LogP contribution in [0.2, 0.25) is 5.02 Å². The first kappa shape index (κ1) is 15.7. The first-order valence-electron chi connectivity index (χ1n) is 5.19. The van der Waals surface area contributed by atoms with Crippen LogP contribution >= 0.6 is 23.2 Å². The molecular weight excluding hydrogens is 300 g/mol. The van der Waals surface area contributed by atoms with Gasteiger partial charge in [0, 0.05) is 12.4 Å². The summed E-state index contributed by atoms with van der Waals surface area (Å²) in [6, 6.07) is 3.20. The van der Waals surface area contributed by atoms with Crippen molar-refractivity contribution in [2.45, 2.75) is 18.7 Å². The Morgan fingerprint density at radius 1 is 1.39 bits per heavy atom. The average Bonchev–Trinajstić information content (AvgIpc) is 2.30. The summed E-state index contributed by atoms with van der Waals surface area (Å²) in [6.45, 7) is 3.77. The second-order valence-corrected chi connectivity index (χ2v) is 7.11. The maximum absolute atomic E-state index is 13.0. The van der Waals surface area contributed by atoms with Gasteiger partial charge in [-0.3, -0.25) is 0 Å². The summed E-state index contributed by atoms with van der Waals surface area (Å²) in [6.07, 6.45) is 0. The number of hydrogen-bond donors (Lipinski definition) is 1. The molecule has 3 nitrogen and oxygen atoms in total. The van der Waals surface area contributed by atoms with Crippen molar-refractivity contribution in [3.05, 3.63) is 29.0 Å². The van der Waals surface area contributed by atoms with Crippen molar-refractivity contribution in [3.8, 4) is 0 Å². The molecule has 0 saturated carbocycles. The van der Waals surface area contributed by atoms with Gasteiger partial charge in [0.1, 0.15) is 10.7 Å². The number of hydrogen-bond acceptors (Lipinski definition) is 2. The second-order valence-electron chi connectivity index (χ2n) is 4.70. The molecule has 0 spiro atoms. The summed E-state index contributed by atoms with van der Waals surface area (Å²) in [5.74, 6) is -0.358. The number of halogens is 3. The molecule has 0 aromatic heterocycles. The number of rotatable bonds is 5. The average molecular weight is 314 g/mol. The van der Waals surface area contributed by atoms with E-state index in [1.165, 1.54) is 6.07 Å². The van der Waals surface area contributed by atoms with E-state index in [9.17, 15) is 12.8 Å². The van der Waals surface area contributed by atoms with Crippen LogP contribution in [0.1, 0.15) is 13.8 Å².